The smallest absolute Gasteiger partial charge is 0.315 e. The molecule has 0 aromatic heterocycles. The minimum atomic E-state index is -0.845. The highest BCUT2D eigenvalue weighted by Crippen LogP contribution is 2.22. The molecule has 2 amide bonds. The van der Waals surface area contributed by atoms with Crippen molar-refractivity contribution in [2.75, 3.05) is 6.54 Å². The first-order valence-electron chi connectivity index (χ1n) is 7.86. The fourth-order valence-electron chi connectivity index (χ4n) is 2.09. The summed E-state index contributed by atoms with van der Waals surface area (Å²) in [6, 6.07) is -0.228. The molecule has 3 N–H and O–H groups in total. The van der Waals surface area contributed by atoms with Crippen molar-refractivity contribution < 1.29 is 14.7 Å². The van der Waals surface area contributed by atoms with Gasteiger partial charge in [0.25, 0.3) is 0 Å². The predicted octanol–water partition coefficient (Wildman–Crippen LogP) is 3.54. The van der Waals surface area contributed by atoms with Crippen LogP contribution in [0.4, 0.5) is 4.79 Å². The molecule has 0 rings (SSSR count). The van der Waals surface area contributed by atoms with E-state index in [0.717, 1.165) is 6.42 Å². The van der Waals surface area contributed by atoms with Crippen LogP contribution in [0, 0.1) is 5.41 Å². The molecule has 0 radical (unpaired) electrons. The monoisotopic (exact) mass is 300 g/mol. The lowest BCUT2D eigenvalue weighted by atomic mass is 9.87. The summed E-state index contributed by atoms with van der Waals surface area (Å²) in [5.74, 6) is -0.845. The quantitative estimate of drug-likeness (QED) is 0.540. The number of urea groups is 1. The van der Waals surface area contributed by atoms with Gasteiger partial charge in [0, 0.05) is 18.5 Å². The minimum absolute atomic E-state index is 0.0514. The van der Waals surface area contributed by atoms with Crippen LogP contribution >= 0.6 is 0 Å². The molecule has 0 aliphatic carbocycles. The van der Waals surface area contributed by atoms with Gasteiger partial charge in [-0.3, -0.25) is 4.79 Å². The highest BCUT2D eigenvalue weighted by molar-refractivity contribution is 5.75. The first kappa shape index (κ1) is 19.7. The van der Waals surface area contributed by atoms with Gasteiger partial charge in [0.05, 0.1) is 0 Å². The van der Waals surface area contributed by atoms with Gasteiger partial charge in [0.2, 0.25) is 0 Å². The SMILES string of the molecule is CCCCCC(C)(C)CNC(=O)NC(C)(C)CCC(=O)O. The maximum absolute atomic E-state index is 11.9. The predicted molar refractivity (Wildman–Crippen MR) is 85.4 cm³/mol. The number of carbonyl (C=O) groups is 2. The Morgan fingerprint density at radius 2 is 1.67 bits per heavy atom. The maximum Gasteiger partial charge on any atom is 0.315 e. The lowest BCUT2D eigenvalue weighted by Gasteiger charge is -2.29. The topological polar surface area (TPSA) is 78.4 Å². The summed E-state index contributed by atoms with van der Waals surface area (Å²) >= 11 is 0. The molecule has 0 aliphatic rings. The zero-order valence-electron chi connectivity index (χ0n) is 14.2. The molecule has 0 spiro atoms. The number of unbranched alkanes of at least 4 members (excludes halogenated alkanes) is 2. The highest BCUT2D eigenvalue weighted by atomic mass is 16.4. The maximum atomic E-state index is 11.9. The molecule has 0 saturated carbocycles. The third-order valence-electron chi connectivity index (χ3n) is 3.60. The number of carboxylic acid groups (broad SMARTS) is 1. The second kappa shape index (κ2) is 8.90. The number of amides is 2. The number of hydrogen-bond acceptors (Lipinski definition) is 2. The normalized spacial score (nSPS) is 12.0. The van der Waals surface area contributed by atoms with Crippen molar-refractivity contribution in [3.05, 3.63) is 0 Å². The van der Waals surface area contributed by atoms with E-state index in [2.05, 4.69) is 31.4 Å². The number of nitrogens with one attached hydrogen (secondary N) is 2. The zero-order chi connectivity index (χ0) is 16.5. The first-order chi connectivity index (χ1) is 9.58. The summed E-state index contributed by atoms with van der Waals surface area (Å²) in [4.78, 5) is 22.5. The molecular formula is C16H32N2O3. The third-order valence-corrected chi connectivity index (χ3v) is 3.60. The molecule has 124 valence electrons. The Morgan fingerprint density at radius 1 is 1.05 bits per heavy atom. The Bertz CT molecular complexity index is 338. The highest BCUT2D eigenvalue weighted by Gasteiger charge is 2.23. The Labute approximate surface area is 128 Å². The van der Waals surface area contributed by atoms with E-state index in [-0.39, 0.29) is 17.9 Å². The summed E-state index contributed by atoms with van der Waals surface area (Å²) in [6.07, 6.45) is 5.14. The van der Waals surface area contributed by atoms with Gasteiger partial charge in [-0.25, -0.2) is 4.79 Å². The Hall–Kier alpha value is -1.26. The van der Waals surface area contributed by atoms with Gasteiger partial charge >= 0.3 is 12.0 Å². The van der Waals surface area contributed by atoms with Crippen molar-refractivity contribution in [3.8, 4) is 0 Å². The van der Waals surface area contributed by atoms with E-state index in [9.17, 15) is 9.59 Å². The van der Waals surface area contributed by atoms with Crippen LogP contribution in [-0.4, -0.2) is 29.2 Å². The molecule has 5 nitrogen and oxygen atoms in total. The molecule has 0 aromatic carbocycles. The number of rotatable bonds is 10. The molecule has 0 unspecified atom stereocenters. The summed E-state index contributed by atoms with van der Waals surface area (Å²) < 4.78 is 0. The fraction of sp³-hybridized carbons (Fsp3) is 0.875. The number of carbonyl (C=O) groups excluding carboxylic acids is 1. The minimum Gasteiger partial charge on any atom is -0.481 e. The van der Waals surface area contributed by atoms with E-state index in [1.165, 1.54) is 19.3 Å². The van der Waals surface area contributed by atoms with Crippen molar-refractivity contribution in [1.82, 2.24) is 10.6 Å². The molecule has 0 bridgehead atoms. The van der Waals surface area contributed by atoms with Crippen LogP contribution in [0.1, 0.15) is 73.1 Å². The van der Waals surface area contributed by atoms with E-state index in [1.54, 1.807) is 0 Å². The molecule has 5 heteroatoms. The van der Waals surface area contributed by atoms with Crippen molar-refractivity contribution >= 4 is 12.0 Å². The summed E-state index contributed by atoms with van der Waals surface area (Å²) in [6.45, 7) is 10.8. The molecule has 0 saturated heterocycles. The third kappa shape index (κ3) is 11.1. The average molecular weight is 300 g/mol. The van der Waals surface area contributed by atoms with Crippen molar-refractivity contribution in [2.45, 2.75) is 78.7 Å². The second-order valence-corrected chi connectivity index (χ2v) is 7.21. The average Bonchev–Trinajstić information content (AvgIpc) is 2.34. The number of carboxylic acids is 1. The van der Waals surface area contributed by atoms with Crippen LogP contribution in [0.3, 0.4) is 0 Å². The van der Waals surface area contributed by atoms with Crippen LogP contribution in [0.2, 0.25) is 0 Å². The lowest BCUT2D eigenvalue weighted by Crippen LogP contribution is -2.50. The van der Waals surface area contributed by atoms with E-state index in [4.69, 9.17) is 5.11 Å². The van der Waals surface area contributed by atoms with E-state index in [1.807, 2.05) is 13.8 Å². The number of aliphatic carboxylic acids is 1. The summed E-state index contributed by atoms with van der Waals surface area (Å²) in [5.41, 5.74) is -0.438. The van der Waals surface area contributed by atoms with Crippen molar-refractivity contribution in [3.63, 3.8) is 0 Å². The van der Waals surface area contributed by atoms with Crippen LogP contribution in [0.15, 0.2) is 0 Å². The summed E-state index contributed by atoms with van der Waals surface area (Å²) in [7, 11) is 0. The van der Waals surface area contributed by atoms with Gasteiger partial charge in [-0.2, -0.15) is 0 Å². The zero-order valence-corrected chi connectivity index (χ0v) is 14.2. The largest absolute Gasteiger partial charge is 0.481 e. The molecule has 0 aliphatic heterocycles. The van der Waals surface area contributed by atoms with Gasteiger partial charge in [0.1, 0.15) is 0 Å². The van der Waals surface area contributed by atoms with Crippen molar-refractivity contribution in [1.29, 1.82) is 0 Å². The fourth-order valence-corrected chi connectivity index (χ4v) is 2.09. The van der Waals surface area contributed by atoms with Gasteiger partial charge < -0.3 is 15.7 Å². The van der Waals surface area contributed by atoms with Crippen LogP contribution in [0.25, 0.3) is 0 Å². The Kier molecular flexibility index (Phi) is 8.37. The van der Waals surface area contributed by atoms with Crippen molar-refractivity contribution in [2.24, 2.45) is 5.41 Å². The summed E-state index contributed by atoms with van der Waals surface area (Å²) in [5, 5.41) is 14.4. The standard InChI is InChI=1S/C16H32N2O3/c1-6-7-8-10-15(2,3)12-17-14(21)18-16(4,5)11-9-13(19)20/h6-12H2,1-5H3,(H,19,20)(H2,17,18,21). The van der Waals surface area contributed by atoms with Gasteiger partial charge in [-0.05, 0) is 32.1 Å². The first-order valence-corrected chi connectivity index (χ1v) is 7.86. The van der Waals surface area contributed by atoms with Gasteiger partial charge in [-0.1, -0.05) is 40.0 Å². The van der Waals surface area contributed by atoms with Gasteiger partial charge in [0.15, 0.2) is 0 Å². The molecule has 0 fully saturated rings. The van der Waals surface area contributed by atoms with Crippen LogP contribution in [-0.2, 0) is 4.79 Å². The van der Waals surface area contributed by atoms with E-state index >= 15 is 0 Å². The van der Waals surface area contributed by atoms with E-state index in [0.29, 0.717) is 13.0 Å². The van der Waals surface area contributed by atoms with E-state index < -0.39 is 11.5 Å². The number of hydrogen-bond donors (Lipinski definition) is 3. The molecule has 0 heterocycles. The lowest BCUT2D eigenvalue weighted by molar-refractivity contribution is -0.137. The molecular weight excluding hydrogens is 268 g/mol. The molecule has 0 aromatic rings. The second-order valence-electron chi connectivity index (χ2n) is 7.21. The van der Waals surface area contributed by atoms with Crippen LogP contribution < -0.4 is 10.6 Å². The Balaban J connectivity index is 4.10. The molecule has 0 atom stereocenters. The molecule has 21 heavy (non-hydrogen) atoms. The van der Waals surface area contributed by atoms with Gasteiger partial charge in [-0.15, -0.1) is 0 Å². The Morgan fingerprint density at radius 3 is 2.19 bits per heavy atom. The van der Waals surface area contributed by atoms with Crippen LogP contribution in [0.5, 0.6) is 0 Å².